The first-order chi connectivity index (χ1) is 33.6. The quantitative estimate of drug-likeness (QED) is 0.164. The van der Waals surface area contributed by atoms with Crippen molar-refractivity contribution in [2.24, 2.45) is 0 Å². The first kappa shape index (κ1) is 43.1. The topological polar surface area (TPSA) is 22.9 Å². The minimum Gasteiger partial charge on any atom is -0.454 e. The summed E-state index contributed by atoms with van der Waals surface area (Å²) in [5.74, 6) is 0. The SMILES string of the molecule is Cc1cc2c3c(c1)N(c1cccc4c1oc1ccccc14)c1ccc(C(C)(C)C)cc1B3c1ccc(N3c4ccccc4C4(C)CCCCC34C)cc1N2c1ccc(C(C)(C)C)cc1-c1ccccc1. The van der Waals surface area contributed by atoms with Crippen LogP contribution in [0.25, 0.3) is 33.1 Å². The molecule has 1 aliphatic carbocycles. The summed E-state index contributed by atoms with van der Waals surface area (Å²) >= 11 is 0. The highest BCUT2D eigenvalue weighted by molar-refractivity contribution is 7.00. The van der Waals surface area contributed by atoms with Crippen molar-refractivity contribution >= 4 is 90.5 Å². The molecule has 4 nitrogen and oxygen atoms in total. The lowest BCUT2D eigenvalue weighted by Gasteiger charge is -2.50. The maximum atomic E-state index is 6.91. The lowest BCUT2D eigenvalue weighted by Crippen LogP contribution is -2.61. The van der Waals surface area contributed by atoms with E-state index in [9.17, 15) is 0 Å². The van der Waals surface area contributed by atoms with Gasteiger partial charge in [0.05, 0.1) is 16.9 Å². The van der Waals surface area contributed by atoms with Crippen molar-refractivity contribution in [1.29, 1.82) is 0 Å². The van der Waals surface area contributed by atoms with Gasteiger partial charge in [-0.05, 0) is 142 Å². The van der Waals surface area contributed by atoms with Crippen molar-refractivity contribution in [3.05, 3.63) is 186 Å². The van der Waals surface area contributed by atoms with Crippen LogP contribution in [0.3, 0.4) is 0 Å². The van der Waals surface area contributed by atoms with Gasteiger partial charge in [0.15, 0.2) is 5.58 Å². The highest BCUT2D eigenvalue weighted by Gasteiger charge is 2.58. The van der Waals surface area contributed by atoms with Crippen molar-refractivity contribution in [1.82, 2.24) is 0 Å². The van der Waals surface area contributed by atoms with E-state index in [0.29, 0.717) is 0 Å². The van der Waals surface area contributed by atoms with Crippen LogP contribution >= 0.6 is 0 Å². The van der Waals surface area contributed by atoms with Crippen molar-refractivity contribution in [2.45, 2.75) is 110 Å². The minimum atomic E-state index is -0.0783. The van der Waals surface area contributed by atoms with Gasteiger partial charge in [0, 0.05) is 55.9 Å². The molecule has 1 saturated carbocycles. The summed E-state index contributed by atoms with van der Waals surface area (Å²) in [6.07, 6.45) is 4.83. The standard InChI is InChI=1S/C65H62BN3O/c1-41-36-57-60-58(37-41)68(55-26-19-23-47-46-22-13-16-27-59(46)70-61(47)55)54-33-29-44(63(5,6)7)39-51(54)66(60)50-31-30-45(69-53-25-15-14-24-49(53)64(8)34-17-18-35-65(64,69)9)40-56(50)67(57)52-32-28-43(62(2,3)4)38-48(52)42-20-11-10-12-21-42/h10-16,19-33,36-40H,17-18,34-35H2,1-9H3. The summed E-state index contributed by atoms with van der Waals surface area (Å²) < 4.78 is 6.91. The number of hydrogen-bond donors (Lipinski definition) is 0. The third-order valence-corrected chi connectivity index (χ3v) is 17.1. The highest BCUT2D eigenvalue weighted by Crippen LogP contribution is 2.61. The van der Waals surface area contributed by atoms with Crippen LogP contribution in [0.2, 0.25) is 0 Å². The predicted octanol–water partition coefficient (Wildman–Crippen LogP) is 16.0. The molecular weight excluding hydrogens is 850 g/mol. The van der Waals surface area contributed by atoms with E-state index in [1.54, 1.807) is 0 Å². The molecule has 0 spiro atoms. The molecule has 1 aromatic heterocycles. The number of fused-ring (bicyclic) bond motifs is 10. The van der Waals surface area contributed by atoms with Crippen molar-refractivity contribution in [3.8, 4) is 11.1 Å². The second kappa shape index (κ2) is 15.0. The Labute approximate surface area is 414 Å². The van der Waals surface area contributed by atoms with E-state index in [1.807, 2.05) is 0 Å². The molecule has 0 bridgehead atoms. The maximum Gasteiger partial charge on any atom is 0.252 e. The normalized spacial score (nSPS) is 19.3. The van der Waals surface area contributed by atoms with Crippen LogP contribution in [0.4, 0.5) is 45.5 Å². The number of rotatable bonds is 4. The molecule has 0 amide bonds. The van der Waals surface area contributed by atoms with Crippen LogP contribution < -0.4 is 31.1 Å². The molecule has 8 aromatic carbocycles. The number of aryl methyl sites for hydroxylation is 1. The Bertz CT molecular complexity index is 3610. The smallest absolute Gasteiger partial charge is 0.252 e. The van der Waals surface area contributed by atoms with Crippen LogP contribution in [0.1, 0.15) is 103 Å². The second-order valence-electron chi connectivity index (χ2n) is 23.4. The zero-order chi connectivity index (χ0) is 48.1. The van der Waals surface area contributed by atoms with Gasteiger partial charge in [-0.3, -0.25) is 0 Å². The first-order valence-electron chi connectivity index (χ1n) is 25.7. The monoisotopic (exact) mass is 911 g/mol. The first-order valence-corrected chi connectivity index (χ1v) is 25.7. The number of benzene rings is 8. The molecule has 1 fully saturated rings. The fraction of sp³-hybridized carbons (Fsp3) is 0.262. The highest BCUT2D eigenvalue weighted by atomic mass is 16.3. The zero-order valence-corrected chi connectivity index (χ0v) is 42.2. The summed E-state index contributed by atoms with van der Waals surface area (Å²) in [4.78, 5) is 7.93. The van der Waals surface area contributed by atoms with Crippen molar-refractivity contribution < 1.29 is 4.42 Å². The van der Waals surface area contributed by atoms with Gasteiger partial charge < -0.3 is 19.1 Å². The van der Waals surface area contributed by atoms with Gasteiger partial charge in [-0.25, -0.2) is 0 Å². The van der Waals surface area contributed by atoms with Crippen molar-refractivity contribution in [2.75, 3.05) is 14.7 Å². The van der Waals surface area contributed by atoms with Crippen LogP contribution in [-0.4, -0.2) is 12.3 Å². The van der Waals surface area contributed by atoms with Crippen LogP contribution in [0.5, 0.6) is 0 Å². The molecule has 4 aliphatic rings. The van der Waals surface area contributed by atoms with Gasteiger partial charge >= 0.3 is 0 Å². The lowest BCUT2D eigenvalue weighted by atomic mass is 9.33. The molecule has 13 rings (SSSR count). The van der Waals surface area contributed by atoms with Crippen molar-refractivity contribution in [3.63, 3.8) is 0 Å². The average molecular weight is 912 g/mol. The van der Waals surface area contributed by atoms with Crippen LogP contribution in [-0.2, 0) is 16.2 Å². The second-order valence-corrected chi connectivity index (χ2v) is 23.4. The minimum absolute atomic E-state index is 0.0373. The average Bonchev–Trinajstić information content (AvgIpc) is 3.83. The number of anilines is 8. The van der Waals surface area contributed by atoms with Crippen LogP contribution in [0, 0.1) is 6.92 Å². The van der Waals surface area contributed by atoms with Gasteiger partial charge in [0.1, 0.15) is 5.58 Å². The third kappa shape index (κ3) is 6.09. The van der Waals surface area contributed by atoms with Gasteiger partial charge in [0.25, 0.3) is 6.71 Å². The molecule has 0 N–H and O–H groups in total. The molecule has 4 heterocycles. The Morgan fingerprint density at radius 2 is 1.16 bits per heavy atom. The Kier molecular flexibility index (Phi) is 9.24. The summed E-state index contributed by atoms with van der Waals surface area (Å²) in [6.45, 7) is 21.4. The summed E-state index contributed by atoms with van der Waals surface area (Å²) in [5.41, 5.74) is 23.1. The molecule has 346 valence electrons. The summed E-state index contributed by atoms with van der Waals surface area (Å²) in [6, 6.07) is 62.5. The molecule has 9 aromatic rings. The number of furan rings is 1. The van der Waals surface area contributed by atoms with Crippen LogP contribution in [0.15, 0.2) is 168 Å². The molecule has 3 aliphatic heterocycles. The van der Waals surface area contributed by atoms with E-state index in [4.69, 9.17) is 4.42 Å². The molecule has 2 unspecified atom stereocenters. The molecule has 2 atom stereocenters. The summed E-state index contributed by atoms with van der Waals surface area (Å²) in [5, 5.41) is 2.26. The zero-order valence-electron chi connectivity index (χ0n) is 42.2. The molecule has 70 heavy (non-hydrogen) atoms. The third-order valence-electron chi connectivity index (χ3n) is 17.1. The van der Waals surface area contributed by atoms with Gasteiger partial charge in [-0.15, -0.1) is 0 Å². The molecule has 5 heteroatoms. The molecule has 0 saturated heterocycles. The molecular formula is C65H62BN3O. The largest absolute Gasteiger partial charge is 0.454 e. The van der Waals surface area contributed by atoms with E-state index >= 15 is 0 Å². The number of nitrogens with zero attached hydrogens (tertiary/aromatic N) is 3. The lowest BCUT2D eigenvalue weighted by molar-refractivity contribution is 0.195. The van der Waals surface area contributed by atoms with E-state index in [-0.39, 0.29) is 28.5 Å². The Hall–Kier alpha value is -6.98. The maximum absolute atomic E-state index is 6.91. The van der Waals surface area contributed by atoms with E-state index < -0.39 is 0 Å². The van der Waals surface area contributed by atoms with Gasteiger partial charge in [-0.2, -0.15) is 0 Å². The fourth-order valence-corrected chi connectivity index (χ4v) is 13.3. The predicted molar refractivity (Wildman–Crippen MR) is 298 cm³/mol. The Balaban J connectivity index is 1.14. The van der Waals surface area contributed by atoms with E-state index in [0.717, 1.165) is 34.0 Å². The Morgan fingerprint density at radius 1 is 0.514 bits per heavy atom. The van der Waals surface area contributed by atoms with Gasteiger partial charge in [-0.1, -0.05) is 164 Å². The Morgan fingerprint density at radius 3 is 1.93 bits per heavy atom. The number of para-hydroxylation sites is 3. The fourth-order valence-electron chi connectivity index (χ4n) is 13.3. The van der Waals surface area contributed by atoms with E-state index in [1.165, 1.54) is 109 Å². The van der Waals surface area contributed by atoms with E-state index in [2.05, 4.69) is 241 Å². The van der Waals surface area contributed by atoms with Gasteiger partial charge in [0.2, 0.25) is 0 Å². The summed E-state index contributed by atoms with van der Waals surface area (Å²) in [7, 11) is 0. The molecule has 0 radical (unpaired) electrons. The number of hydrogen-bond acceptors (Lipinski definition) is 4.